The van der Waals surface area contributed by atoms with Crippen LogP contribution in [0.2, 0.25) is 5.02 Å². The van der Waals surface area contributed by atoms with E-state index in [0.29, 0.717) is 16.8 Å². The second-order valence-corrected chi connectivity index (χ2v) is 5.70. The lowest BCUT2D eigenvalue weighted by Crippen LogP contribution is -2.30. The van der Waals surface area contributed by atoms with Crippen molar-refractivity contribution < 1.29 is 14.0 Å². The first kappa shape index (κ1) is 17.0. The molecule has 0 atom stereocenters. The van der Waals surface area contributed by atoms with Gasteiger partial charge in [-0.1, -0.05) is 11.6 Å². The molecule has 0 spiro atoms. The quantitative estimate of drug-likeness (QED) is 0.891. The molecule has 2 aromatic rings. The Balaban J connectivity index is 2.08. The summed E-state index contributed by atoms with van der Waals surface area (Å²) in [5, 5.41) is 5.32. The fourth-order valence-corrected chi connectivity index (χ4v) is 2.08. The minimum Gasteiger partial charge on any atom is -0.350 e. The Hall–Kier alpha value is -2.40. The molecular formula is C17H16ClFN2O2. The molecular weight excluding hydrogens is 319 g/mol. The molecule has 2 rings (SSSR count). The molecule has 0 unspecified atom stereocenters. The molecule has 2 N–H and O–H groups in total. The van der Waals surface area contributed by atoms with Gasteiger partial charge in [-0.2, -0.15) is 0 Å². The van der Waals surface area contributed by atoms with Crippen LogP contribution in [-0.4, -0.2) is 17.9 Å². The van der Waals surface area contributed by atoms with Gasteiger partial charge in [0.1, 0.15) is 5.82 Å². The van der Waals surface area contributed by atoms with Crippen molar-refractivity contribution in [1.82, 2.24) is 5.32 Å². The normalized spacial score (nSPS) is 10.5. The highest BCUT2D eigenvalue weighted by Gasteiger charge is 2.10. The summed E-state index contributed by atoms with van der Waals surface area (Å²) in [6.07, 6.45) is 0. The van der Waals surface area contributed by atoms with Crippen LogP contribution in [0.4, 0.5) is 10.1 Å². The topological polar surface area (TPSA) is 58.2 Å². The number of anilines is 1. The zero-order chi connectivity index (χ0) is 17.0. The van der Waals surface area contributed by atoms with E-state index in [1.165, 1.54) is 18.2 Å². The smallest absolute Gasteiger partial charge is 0.255 e. The standard InChI is InChI=1S/C17H16ClFN2O2/c1-10(2)20-16(22)11-3-5-12(6-4-11)17(23)21-13-7-8-15(19)14(18)9-13/h3-10H,1-2H3,(H,20,22)(H,21,23). The van der Waals surface area contributed by atoms with Gasteiger partial charge in [-0.3, -0.25) is 9.59 Å². The number of hydrogen-bond donors (Lipinski definition) is 2. The van der Waals surface area contributed by atoms with Crippen molar-refractivity contribution in [2.24, 2.45) is 0 Å². The summed E-state index contributed by atoms with van der Waals surface area (Å²) in [5.41, 5.74) is 1.25. The van der Waals surface area contributed by atoms with E-state index >= 15 is 0 Å². The van der Waals surface area contributed by atoms with Gasteiger partial charge in [0.15, 0.2) is 0 Å². The molecule has 0 aliphatic heterocycles. The van der Waals surface area contributed by atoms with Crippen molar-refractivity contribution >= 4 is 29.1 Å². The monoisotopic (exact) mass is 334 g/mol. The largest absolute Gasteiger partial charge is 0.350 e. The maximum Gasteiger partial charge on any atom is 0.255 e. The van der Waals surface area contributed by atoms with Gasteiger partial charge in [-0.05, 0) is 56.3 Å². The Labute approximate surface area is 138 Å². The first-order chi connectivity index (χ1) is 10.9. The Kier molecular flexibility index (Phi) is 5.34. The molecule has 6 heteroatoms. The van der Waals surface area contributed by atoms with Gasteiger partial charge in [0.2, 0.25) is 0 Å². The van der Waals surface area contributed by atoms with Crippen LogP contribution in [-0.2, 0) is 0 Å². The lowest BCUT2D eigenvalue weighted by Gasteiger charge is -2.09. The van der Waals surface area contributed by atoms with Crippen molar-refractivity contribution in [2.45, 2.75) is 19.9 Å². The summed E-state index contributed by atoms with van der Waals surface area (Å²) in [6, 6.07) is 10.2. The van der Waals surface area contributed by atoms with Crippen molar-refractivity contribution in [3.05, 3.63) is 64.4 Å². The zero-order valence-corrected chi connectivity index (χ0v) is 13.4. The molecule has 0 heterocycles. The van der Waals surface area contributed by atoms with E-state index in [9.17, 15) is 14.0 Å². The average molecular weight is 335 g/mol. The molecule has 2 aromatic carbocycles. The number of rotatable bonds is 4. The average Bonchev–Trinajstić information content (AvgIpc) is 2.50. The van der Waals surface area contributed by atoms with Gasteiger partial charge >= 0.3 is 0 Å². The third kappa shape index (κ3) is 4.53. The maximum absolute atomic E-state index is 13.1. The predicted octanol–water partition coefficient (Wildman–Crippen LogP) is 3.87. The van der Waals surface area contributed by atoms with Gasteiger partial charge in [0, 0.05) is 22.9 Å². The Morgan fingerprint density at radius 1 is 1.00 bits per heavy atom. The fourth-order valence-electron chi connectivity index (χ4n) is 1.90. The van der Waals surface area contributed by atoms with E-state index in [4.69, 9.17) is 11.6 Å². The van der Waals surface area contributed by atoms with Crippen molar-refractivity contribution in [1.29, 1.82) is 0 Å². The van der Waals surface area contributed by atoms with Gasteiger partial charge in [0.05, 0.1) is 5.02 Å². The molecule has 0 saturated heterocycles. The molecule has 23 heavy (non-hydrogen) atoms. The van der Waals surface area contributed by atoms with Gasteiger partial charge in [-0.15, -0.1) is 0 Å². The Bertz CT molecular complexity index is 730. The lowest BCUT2D eigenvalue weighted by molar-refractivity contribution is 0.0941. The van der Waals surface area contributed by atoms with Gasteiger partial charge in [0.25, 0.3) is 11.8 Å². The van der Waals surface area contributed by atoms with Crippen LogP contribution in [0.5, 0.6) is 0 Å². The first-order valence-electron chi connectivity index (χ1n) is 7.04. The van der Waals surface area contributed by atoms with Crippen molar-refractivity contribution in [2.75, 3.05) is 5.32 Å². The van der Waals surface area contributed by atoms with E-state index in [1.807, 2.05) is 13.8 Å². The highest BCUT2D eigenvalue weighted by molar-refractivity contribution is 6.31. The number of amides is 2. The van der Waals surface area contributed by atoms with Crippen LogP contribution in [0, 0.1) is 5.82 Å². The highest BCUT2D eigenvalue weighted by Crippen LogP contribution is 2.20. The first-order valence-corrected chi connectivity index (χ1v) is 7.42. The Morgan fingerprint density at radius 3 is 2.09 bits per heavy atom. The van der Waals surface area contributed by atoms with Crippen LogP contribution < -0.4 is 10.6 Å². The van der Waals surface area contributed by atoms with E-state index in [1.54, 1.807) is 24.3 Å². The molecule has 0 saturated carbocycles. The number of benzene rings is 2. The molecule has 0 aliphatic carbocycles. The van der Waals surface area contributed by atoms with E-state index in [0.717, 1.165) is 0 Å². The van der Waals surface area contributed by atoms with E-state index < -0.39 is 5.82 Å². The molecule has 120 valence electrons. The van der Waals surface area contributed by atoms with Crippen molar-refractivity contribution in [3.8, 4) is 0 Å². The molecule has 0 bridgehead atoms. The van der Waals surface area contributed by atoms with E-state index in [-0.39, 0.29) is 22.9 Å². The van der Waals surface area contributed by atoms with Crippen LogP contribution in [0.1, 0.15) is 34.6 Å². The Morgan fingerprint density at radius 2 is 1.57 bits per heavy atom. The SMILES string of the molecule is CC(C)NC(=O)c1ccc(C(=O)Nc2ccc(F)c(Cl)c2)cc1. The van der Waals surface area contributed by atoms with E-state index in [2.05, 4.69) is 10.6 Å². The van der Waals surface area contributed by atoms with Gasteiger partial charge in [-0.25, -0.2) is 4.39 Å². The van der Waals surface area contributed by atoms with Crippen LogP contribution in [0.3, 0.4) is 0 Å². The second-order valence-electron chi connectivity index (χ2n) is 5.29. The molecule has 0 aliphatic rings. The molecule has 0 radical (unpaired) electrons. The minimum atomic E-state index is -0.551. The molecule has 4 nitrogen and oxygen atoms in total. The summed E-state index contributed by atoms with van der Waals surface area (Å²) in [4.78, 5) is 24.0. The molecule has 0 aromatic heterocycles. The number of carbonyl (C=O) groups is 2. The number of halogens is 2. The summed E-state index contributed by atoms with van der Waals surface area (Å²) in [5.74, 6) is -1.12. The third-order valence-electron chi connectivity index (χ3n) is 3.01. The van der Waals surface area contributed by atoms with Crippen LogP contribution in [0.15, 0.2) is 42.5 Å². The predicted molar refractivity (Wildman–Crippen MR) is 88.4 cm³/mol. The lowest BCUT2D eigenvalue weighted by atomic mass is 10.1. The molecule has 0 fully saturated rings. The summed E-state index contributed by atoms with van der Waals surface area (Å²) in [6.45, 7) is 3.74. The van der Waals surface area contributed by atoms with Crippen LogP contribution in [0.25, 0.3) is 0 Å². The third-order valence-corrected chi connectivity index (χ3v) is 3.30. The minimum absolute atomic E-state index is 0.0358. The maximum atomic E-state index is 13.1. The summed E-state index contributed by atoms with van der Waals surface area (Å²) in [7, 11) is 0. The van der Waals surface area contributed by atoms with Crippen molar-refractivity contribution in [3.63, 3.8) is 0 Å². The second kappa shape index (κ2) is 7.24. The zero-order valence-electron chi connectivity index (χ0n) is 12.7. The van der Waals surface area contributed by atoms with Gasteiger partial charge < -0.3 is 10.6 Å². The fraction of sp³-hybridized carbons (Fsp3) is 0.176. The summed E-state index contributed by atoms with van der Waals surface area (Å²) >= 11 is 5.67. The molecule has 2 amide bonds. The summed E-state index contributed by atoms with van der Waals surface area (Å²) < 4.78 is 13.1. The number of carbonyl (C=O) groups excluding carboxylic acids is 2. The number of hydrogen-bond acceptors (Lipinski definition) is 2. The highest BCUT2D eigenvalue weighted by atomic mass is 35.5. The van der Waals surface area contributed by atoms with Crippen LogP contribution >= 0.6 is 11.6 Å². The number of nitrogens with one attached hydrogen (secondary N) is 2.